The lowest BCUT2D eigenvalue weighted by molar-refractivity contribution is -0.137. The molecule has 1 aliphatic rings. The average molecular weight is 485 g/mol. The first-order valence-electron chi connectivity index (χ1n) is 10.9. The Bertz CT molecular complexity index is 1210. The number of allylic oxidation sites excluding steroid dienone is 2. The van der Waals surface area contributed by atoms with Gasteiger partial charge < -0.3 is 10.0 Å². The second kappa shape index (κ2) is 10.3. The predicted molar refractivity (Wildman–Crippen MR) is 129 cm³/mol. The number of anilines is 1. The van der Waals surface area contributed by atoms with Crippen LogP contribution in [0.1, 0.15) is 36.0 Å². The van der Waals surface area contributed by atoms with Crippen LogP contribution in [0, 0.1) is 0 Å². The summed E-state index contributed by atoms with van der Waals surface area (Å²) in [5.41, 5.74) is 2.78. The number of piperidine rings is 1. The van der Waals surface area contributed by atoms with Gasteiger partial charge in [0.15, 0.2) is 5.13 Å². The number of aliphatic carboxylic acids is 1. The SMILES string of the molecule is O=C(O)/C=C/C=C(/c1ccc(C(F)(F)F)cc1)c1ccccc1-c1csc(N2CCCCC2)n1. The third kappa shape index (κ3) is 5.56. The maximum atomic E-state index is 13.1. The highest BCUT2D eigenvalue weighted by molar-refractivity contribution is 7.14. The zero-order valence-corrected chi connectivity index (χ0v) is 19.1. The van der Waals surface area contributed by atoms with Crippen LogP contribution in [0.15, 0.2) is 72.1 Å². The minimum atomic E-state index is -4.44. The molecule has 0 amide bonds. The van der Waals surface area contributed by atoms with Gasteiger partial charge in [-0.1, -0.05) is 48.6 Å². The zero-order valence-electron chi connectivity index (χ0n) is 18.3. The molecule has 0 unspecified atom stereocenters. The highest BCUT2D eigenvalue weighted by atomic mass is 32.1. The summed E-state index contributed by atoms with van der Waals surface area (Å²) in [7, 11) is 0. The van der Waals surface area contributed by atoms with Crippen molar-refractivity contribution in [1.29, 1.82) is 0 Å². The van der Waals surface area contributed by atoms with E-state index in [9.17, 15) is 18.0 Å². The molecule has 1 saturated heterocycles. The standard InChI is InChI=1S/C26H23F3N2O2S/c27-26(28,29)19-13-11-18(12-14-19)20(9-6-10-24(32)33)21-7-2-3-8-22(21)23-17-34-25(30-23)31-15-4-1-5-16-31/h2-3,6-14,17H,1,4-5,15-16H2,(H,32,33)/b10-6+,20-9-. The zero-order chi connectivity index (χ0) is 24.1. The summed E-state index contributed by atoms with van der Waals surface area (Å²) in [6.45, 7) is 1.95. The number of rotatable bonds is 6. The molecule has 0 spiro atoms. The Morgan fingerprint density at radius 1 is 1.03 bits per heavy atom. The molecule has 0 bridgehead atoms. The van der Waals surface area contributed by atoms with E-state index in [0.29, 0.717) is 11.1 Å². The van der Waals surface area contributed by atoms with Crippen LogP contribution in [0.3, 0.4) is 0 Å². The monoisotopic (exact) mass is 484 g/mol. The first-order chi connectivity index (χ1) is 16.3. The first kappa shape index (κ1) is 23.8. The van der Waals surface area contributed by atoms with Crippen LogP contribution in [0.2, 0.25) is 0 Å². The molecule has 34 heavy (non-hydrogen) atoms. The van der Waals surface area contributed by atoms with Crippen LogP contribution in [0.4, 0.5) is 18.3 Å². The van der Waals surface area contributed by atoms with Gasteiger partial charge in [-0.3, -0.25) is 0 Å². The smallest absolute Gasteiger partial charge is 0.416 e. The summed E-state index contributed by atoms with van der Waals surface area (Å²) in [5.74, 6) is -1.11. The summed E-state index contributed by atoms with van der Waals surface area (Å²) in [6.07, 6.45) is 3.05. The highest BCUT2D eigenvalue weighted by Crippen LogP contribution is 2.37. The number of nitrogens with zero attached hydrogens (tertiary/aromatic N) is 2. The molecule has 0 aliphatic carbocycles. The number of carboxylic acids is 1. The lowest BCUT2D eigenvalue weighted by Gasteiger charge is -2.25. The van der Waals surface area contributed by atoms with Crippen molar-refractivity contribution >= 4 is 28.0 Å². The molecular weight excluding hydrogens is 461 g/mol. The molecule has 0 atom stereocenters. The van der Waals surface area contributed by atoms with Crippen molar-refractivity contribution in [3.63, 3.8) is 0 Å². The van der Waals surface area contributed by atoms with Crippen LogP contribution < -0.4 is 4.90 Å². The minimum absolute atomic E-state index is 0.543. The summed E-state index contributed by atoms with van der Waals surface area (Å²) in [5, 5.41) is 11.9. The molecule has 0 saturated carbocycles. The van der Waals surface area contributed by atoms with Gasteiger partial charge in [-0.25, -0.2) is 9.78 Å². The molecule has 4 rings (SSSR count). The second-order valence-electron chi connectivity index (χ2n) is 7.96. The van der Waals surface area contributed by atoms with Gasteiger partial charge >= 0.3 is 12.1 Å². The van der Waals surface area contributed by atoms with Crippen LogP contribution >= 0.6 is 11.3 Å². The summed E-state index contributed by atoms with van der Waals surface area (Å²) in [6, 6.07) is 12.4. The highest BCUT2D eigenvalue weighted by Gasteiger charge is 2.30. The van der Waals surface area contributed by atoms with Gasteiger partial charge in [0.25, 0.3) is 0 Å². The number of carbonyl (C=O) groups is 1. The van der Waals surface area contributed by atoms with Crippen molar-refractivity contribution < 1.29 is 23.1 Å². The molecule has 176 valence electrons. The Morgan fingerprint density at radius 3 is 2.41 bits per heavy atom. The van der Waals surface area contributed by atoms with Crippen LogP contribution in [-0.4, -0.2) is 29.1 Å². The van der Waals surface area contributed by atoms with Crippen LogP contribution in [0.25, 0.3) is 16.8 Å². The van der Waals surface area contributed by atoms with E-state index >= 15 is 0 Å². The average Bonchev–Trinajstić information content (AvgIpc) is 3.32. The largest absolute Gasteiger partial charge is 0.478 e. The Labute approximate surface area is 199 Å². The van der Waals surface area contributed by atoms with Crippen molar-refractivity contribution in [2.45, 2.75) is 25.4 Å². The third-order valence-electron chi connectivity index (χ3n) is 5.64. The molecule has 1 aliphatic heterocycles. The van der Waals surface area contributed by atoms with Gasteiger partial charge in [-0.2, -0.15) is 13.2 Å². The fourth-order valence-corrected chi connectivity index (χ4v) is 4.85. The summed E-state index contributed by atoms with van der Waals surface area (Å²) < 4.78 is 39.2. The van der Waals surface area contributed by atoms with Gasteiger partial charge in [0, 0.05) is 30.1 Å². The van der Waals surface area contributed by atoms with Gasteiger partial charge in [0.05, 0.1) is 11.3 Å². The number of alkyl halides is 3. The van der Waals surface area contributed by atoms with Gasteiger partial charge in [0.2, 0.25) is 0 Å². The van der Waals surface area contributed by atoms with Crippen LogP contribution in [0.5, 0.6) is 0 Å². The van der Waals surface area contributed by atoms with E-state index in [4.69, 9.17) is 10.1 Å². The Hall–Kier alpha value is -3.39. The molecule has 1 N–H and O–H groups in total. The van der Waals surface area contributed by atoms with Gasteiger partial charge in [0.1, 0.15) is 0 Å². The van der Waals surface area contributed by atoms with E-state index in [2.05, 4.69) is 4.90 Å². The molecule has 2 heterocycles. The Kier molecular flexibility index (Phi) is 7.17. The van der Waals surface area contributed by atoms with E-state index in [1.54, 1.807) is 17.4 Å². The molecule has 0 radical (unpaired) electrons. The van der Waals surface area contributed by atoms with Crippen molar-refractivity contribution in [2.24, 2.45) is 0 Å². The van der Waals surface area contributed by atoms with Gasteiger partial charge in [-0.05, 0) is 48.1 Å². The number of aromatic nitrogens is 1. The fraction of sp³-hybridized carbons (Fsp3) is 0.231. The molecule has 1 fully saturated rings. The van der Waals surface area contributed by atoms with Crippen LogP contribution in [-0.2, 0) is 11.0 Å². The van der Waals surface area contributed by atoms with Crippen molar-refractivity contribution in [1.82, 2.24) is 4.98 Å². The number of hydrogen-bond acceptors (Lipinski definition) is 4. The Balaban J connectivity index is 1.76. The number of hydrogen-bond donors (Lipinski definition) is 1. The lowest BCUT2D eigenvalue weighted by atomic mass is 9.92. The lowest BCUT2D eigenvalue weighted by Crippen LogP contribution is -2.29. The second-order valence-corrected chi connectivity index (χ2v) is 8.80. The summed E-state index contributed by atoms with van der Waals surface area (Å²) in [4.78, 5) is 18.1. The van der Waals surface area contributed by atoms with Crippen molar-refractivity contribution in [2.75, 3.05) is 18.0 Å². The van der Waals surface area contributed by atoms with E-state index in [1.807, 2.05) is 29.6 Å². The van der Waals surface area contributed by atoms with Gasteiger partial charge in [-0.15, -0.1) is 11.3 Å². The van der Waals surface area contributed by atoms with Crippen molar-refractivity contribution in [3.8, 4) is 11.3 Å². The minimum Gasteiger partial charge on any atom is -0.478 e. The van der Waals surface area contributed by atoms with Crippen molar-refractivity contribution in [3.05, 3.63) is 88.8 Å². The molecule has 4 nitrogen and oxygen atoms in total. The topological polar surface area (TPSA) is 53.4 Å². The molecule has 8 heteroatoms. The third-order valence-corrected chi connectivity index (χ3v) is 6.54. The number of benzene rings is 2. The summed E-state index contributed by atoms with van der Waals surface area (Å²) >= 11 is 1.57. The fourth-order valence-electron chi connectivity index (χ4n) is 3.97. The van der Waals surface area contributed by atoms with E-state index in [1.165, 1.54) is 24.6 Å². The number of thiazole rings is 1. The molecule has 2 aromatic carbocycles. The van der Waals surface area contributed by atoms with E-state index < -0.39 is 17.7 Å². The number of carboxylic acid groups (broad SMARTS) is 1. The normalized spacial score (nSPS) is 15.1. The molecule has 1 aromatic heterocycles. The van der Waals surface area contributed by atoms with E-state index in [-0.39, 0.29) is 0 Å². The molecule has 3 aromatic rings. The number of halogens is 3. The Morgan fingerprint density at radius 2 is 1.74 bits per heavy atom. The first-order valence-corrected chi connectivity index (χ1v) is 11.8. The maximum absolute atomic E-state index is 13.1. The van der Waals surface area contributed by atoms with E-state index in [0.717, 1.165) is 66.1 Å². The quantitative estimate of drug-likeness (QED) is 0.306. The molecular formula is C26H23F3N2O2S. The maximum Gasteiger partial charge on any atom is 0.416 e. The predicted octanol–water partition coefficient (Wildman–Crippen LogP) is 6.89.